The van der Waals surface area contributed by atoms with Crippen molar-refractivity contribution < 1.29 is 9.84 Å². The van der Waals surface area contributed by atoms with Crippen molar-refractivity contribution in [2.75, 3.05) is 26.2 Å². The van der Waals surface area contributed by atoms with E-state index in [-0.39, 0.29) is 6.10 Å². The van der Waals surface area contributed by atoms with Crippen LogP contribution in [0.25, 0.3) is 0 Å². The van der Waals surface area contributed by atoms with E-state index in [1.165, 1.54) is 5.56 Å². The van der Waals surface area contributed by atoms with Crippen LogP contribution >= 0.6 is 0 Å². The minimum Gasteiger partial charge on any atom is -0.493 e. The van der Waals surface area contributed by atoms with Crippen molar-refractivity contribution in [1.82, 2.24) is 4.90 Å². The Morgan fingerprint density at radius 2 is 2.25 bits per heavy atom. The number of hydrogen-bond acceptors (Lipinski definition) is 3. The van der Waals surface area contributed by atoms with Crippen LogP contribution in [-0.4, -0.2) is 42.4 Å². The van der Waals surface area contributed by atoms with Crippen molar-refractivity contribution in [2.45, 2.75) is 18.4 Å². The highest BCUT2D eigenvalue weighted by molar-refractivity contribution is 5.39. The molecule has 0 bridgehead atoms. The molecular formula is C13H17NO2. The zero-order valence-electron chi connectivity index (χ0n) is 9.30. The molecule has 86 valence electrons. The summed E-state index contributed by atoms with van der Waals surface area (Å²) in [5.74, 6) is 1.51. The Labute approximate surface area is 95.6 Å². The van der Waals surface area contributed by atoms with Crippen molar-refractivity contribution in [3.63, 3.8) is 0 Å². The van der Waals surface area contributed by atoms with Gasteiger partial charge in [0.05, 0.1) is 12.7 Å². The van der Waals surface area contributed by atoms with E-state index in [0.717, 1.165) is 38.4 Å². The van der Waals surface area contributed by atoms with Gasteiger partial charge in [0.1, 0.15) is 5.75 Å². The number of likely N-dealkylation sites (tertiary alicyclic amines) is 1. The maximum absolute atomic E-state index is 9.50. The number of β-amino-alcohol motifs (C(OH)–C–C–N with tert-alkyl or cyclic N) is 1. The molecule has 1 fully saturated rings. The lowest BCUT2D eigenvalue weighted by Gasteiger charge is -2.18. The Bertz CT molecular complexity index is 380. The maximum atomic E-state index is 9.50. The van der Waals surface area contributed by atoms with Gasteiger partial charge in [-0.1, -0.05) is 18.2 Å². The van der Waals surface area contributed by atoms with Crippen LogP contribution in [0.1, 0.15) is 17.9 Å². The van der Waals surface area contributed by atoms with E-state index in [1.54, 1.807) is 0 Å². The molecule has 0 aromatic heterocycles. The van der Waals surface area contributed by atoms with Gasteiger partial charge in [-0.3, -0.25) is 4.90 Å². The highest BCUT2D eigenvalue weighted by Crippen LogP contribution is 2.34. The summed E-state index contributed by atoms with van der Waals surface area (Å²) in [5.41, 5.74) is 1.32. The van der Waals surface area contributed by atoms with Gasteiger partial charge >= 0.3 is 0 Å². The van der Waals surface area contributed by atoms with Crippen LogP contribution < -0.4 is 4.74 Å². The number of para-hydroxylation sites is 1. The summed E-state index contributed by atoms with van der Waals surface area (Å²) in [6.45, 7) is 3.62. The van der Waals surface area contributed by atoms with Gasteiger partial charge in [-0.2, -0.15) is 0 Å². The second-order valence-corrected chi connectivity index (χ2v) is 4.75. The van der Waals surface area contributed by atoms with Crippen LogP contribution in [0.2, 0.25) is 0 Å². The minimum atomic E-state index is -0.127. The number of hydrogen-bond donors (Lipinski definition) is 1. The summed E-state index contributed by atoms with van der Waals surface area (Å²) in [7, 11) is 0. The molecule has 2 aliphatic rings. The molecule has 2 heterocycles. The number of fused-ring (bicyclic) bond motifs is 1. The van der Waals surface area contributed by atoms with E-state index in [1.807, 2.05) is 12.1 Å². The fourth-order valence-corrected chi connectivity index (χ4v) is 2.67. The third-order valence-electron chi connectivity index (χ3n) is 3.52. The normalized spacial score (nSPS) is 29.1. The molecule has 3 heteroatoms. The number of aliphatic hydroxyl groups is 1. The van der Waals surface area contributed by atoms with Gasteiger partial charge < -0.3 is 9.84 Å². The quantitative estimate of drug-likeness (QED) is 0.812. The molecule has 0 spiro atoms. The molecule has 0 saturated carbocycles. The largest absolute Gasteiger partial charge is 0.493 e. The smallest absolute Gasteiger partial charge is 0.122 e. The van der Waals surface area contributed by atoms with Crippen LogP contribution in [0.4, 0.5) is 0 Å². The van der Waals surface area contributed by atoms with Crippen molar-refractivity contribution in [3.8, 4) is 5.75 Å². The summed E-state index contributed by atoms with van der Waals surface area (Å²) in [6.07, 6.45) is 0.785. The van der Waals surface area contributed by atoms with Gasteiger partial charge in [-0.05, 0) is 12.5 Å². The highest BCUT2D eigenvalue weighted by atomic mass is 16.5. The molecule has 1 aromatic carbocycles. The monoisotopic (exact) mass is 219 g/mol. The first-order chi connectivity index (χ1) is 7.83. The Balaban J connectivity index is 1.69. The third kappa shape index (κ3) is 1.81. The molecule has 1 N–H and O–H groups in total. The van der Waals surface area contributed by atoms with E-state index >= 15 is 0 Å². The predicted molar refractivity (Wildman–Crippen MR) is 61.7 cm³/mol. The van der Waals surface area contributed by atoms with Gasteiger partial charge in [0.15, 0.2) is 0 Å². The zero-order chi connectivity index (χ0) is 11.0. The molecule has 3 nitrogen and oxygen atoms in total. The Morgan fingerprint density at radius 3 is 3.06 bits per heavy atom. The summed E-state index contributed by atoms with van der Waals surface area (Å²) < 4.78 is 5.66. The summed E-state index contributed by atoms with van der Waals surface area (Å²) in [4.78, 5) is 2.33. The van der Waals surface area contributed by atoms with Crippen molar-refractivity contribution in [3.05, 3.63) is 29.8 Å². The van der Waals surface area contributed by atoms with Crippen LogP contribution in [0.15, 0.2) is 24.3 Å². The number of ether oxygens (including phenoxy) is 1. The molecule has 3 rings (SSSR count). The maximum Gasteiger partial charge on any atom is 0.122 e. The zero-order valence-corrected chi connectivity index (χ0v) is 9.30. The number of rotatable bonds is 2. The molecule has 0 aliphatic carbocycles. The lowest BCUT2D eigenvalue weighted by Crippen LogP contribution is -2.28. The van der Waals surface area contributed by atoms with Crippen molar-refractivity contribution >= 4 is 0 Å². The van der Waals surface area contributed by atoms with Gasteiger partial charge in [-0.15, -0.1) is 0 Å². The fraction of sp³-hybridized carbons (Fsp3) is 0.538. The highest BCUT2D eigenvalue weighted by Gasteiger charge is 2.28. The standard InChI is InChI=1S/C13H17NO2/c15-11-5-6-14(8-11)7-10-9-16-13-4-2-1-3-12(10)13/h1-4,10-11,15H,5-9H2/t10?,11-/m0/s1. The second-order valence-electron chi connectivity index (χ2n) is 4.75. The summed E-state index contributed by atoms with van der Waals surface area (Å²) >= 11 is 0. The minimum absolute atomic E-state index is 0.127. The van der Waals surface area contributed by atoms with E-state index in [2.05, 4.69) is 17.0 Å². The summed E-state index contributed by atoms with van der Waals surface area (Å²) in [5, 5.41) is 9.50. The first kappa shape index (κ1) is 10.1. The fourth-order valence-electron chi connectivity index (χ4n) is 2.67. The van der Waals surface area contributed by atoms with Gasteiger partial charge in [-0.25, -0.2) is 0 Å². The molecule has 1 aromatic rings. The summed E-state index contributed by atoms with van der Waals surface area (Å²) in [6, 6.07) is 8.27. The van der Waals surface area contributed by atoms with Crippen LogP contribution in [0.5, 0.6) is 5.75 Å². The number of benzene rings is 1. The lowest BCUT2D eigenvalue weighted by atomic mass is 10.0. The van der Waals surface area contributed by atoms with E-state index in [9.17, 15) is 5.11 Å². The Kier molecular flexibility index (Phi) is 2.58. The third-order valence-corrected chi connectivity index (χ3v) is 3.52. The van der Waals surface area contributed by atoms with E-state index < -0.39 is 0 Å². The molecule has 2 atom stereocenters. The first-order valence-electron chi connectivity index (χ1n) is 5.95. The molecule has 1 unspecified atom stereocenters. The Hall–Kier alpha value is -1.06. The molecule has 2 aliphatic heterocycles. The van der Waals surface area contributed by atoms with Gasteiger partial charge in [0.25, 0.3) is 0 Å². The number of aliphatic hydroxyl groups excluding tert-OH is 1. The van der Waals surface area contributed by atoms with Crippen LogP contribution in [0, 0.1) is 0 Å². The average molecular weight is 219 g/mol. The van der Waals surface area contributed by atoms with E-state index in [0.29, 0.717) is 5.92 Å². The molecular weight excluding hydrogens is 202 g/mol. The van der Waals surface area contributed by atoms with E-state index in [4.69, 9.17) is 4.74 Å². The topological polar surface area (TPSA) is 32.7 Å². The van der Waals surface area contributed by atoms with Gasteiger partial charge in [0, 0.05) is 31.1 Å². The van der Waals surface area contributed by atoms with Crippen LogP contribution in [0.3, 0.4) is 0 Å². The molecule has 16 heavy (non-hydrogen) atoms. The SMILES string of the molecule is O[C@H]1CCN(CC2COc3ccccc32)C1. The number of nitrogens with zero attached hydrogens (tertiary/aromatic N) is 1. The first-order valence-corrected chi connectivity index (χ1v) is 5.95. The van der Waals surface area contributed by atoms with Gasteiger partial charge in [0.2, 0.25) is 0 Å². The molecule has 0 radical (unpaired) electrons. The van der Waals surface area contributed by atoms with Crippen molar-refractivity contribution in [1.29, 1.82) is 0 Å². The van der Waals surface area contributed by atoms with Crippen molar-refractivity contribution in [2.24, 2.45) is 0 Å². The van der Waals surface area contributed by atoms with Crippen LogP contribution in [-0.2, 0) is 0 Å². The lowest BCUT2D eigenvalue weighted by molar-refractivity contribution is 0.172. The molecule has 0 amide bonds. The average Bonchev–Trinajstić information content (AvgIpc) is 2.87. The molecule has 1 saturated heterocycles. The second kappa shape index (κ2) is 4.07. The predicted octanol–water partition coefficient (Wildman–Crippen LogP) is 1.23. The Morgan fingerprint density at radius 1 is 1.38 bits per heavy atom.